The van der Waals surface area contributed by atoms with Crippen molar-refractivity contribution in [3.05, 3.63) is 54.6 Å². The van der Waals surface area contributed by atoms with Crippen molar-refractivity contribution in [3.8, 4) is 0 Å². The molecule has 0 saturated carbocycles. The van der Waals surface area contributed by atoms with Crippen LogP contribution in [0.3, 0.4) is 0 Å². The van der Waals surface area contributed by atoms with Gasteiger partial charge < -0.3 is 24.4 Å². The summed E-state index contributed by atoms with van der Waals surface area (Å²) in [6.45, 7) is 13.5. The quantitative estimate of drug-likeness (QED) is 0.212. The number of aliphatic hydroxyl groups is 1. The second-order valence-corrected chi connectivity index (χ2v) is 11.9. The van der Waals surface area contributed by atoms with Crippen LogP contribution >= 0.6 is 11.6 Å². The van der Waals surface area contributed by atoms with Crippen molar-refractivity contribution in [1.29, 1.82) is 0 Å². The van der Waals surface area contributed by atoms with Gasteiger partial charge in [-0.1, -0.05) is 56.7 Å². The van der Waals surface area contributed by atoms with E-state index in [1.807, 2.05) is 20.8 Å². The molecule has 218 valence electrons. The maximum atomic E-state index is 14.7. The van der Waals surface area contributed by atoms with E-state index in [0.29, 0.717) is 42.8 Å². The van der Waals surface area contributed by atoms with Crippen LogP contribution in [0.2, 0.25) is 5.02 Å². The predicted molar refractivity (Wildman–Crippen MR) is 154 cm³/mol. The van der Waals surface area contributed by atoms with Crippen LogP contribution in [0.15, 0.2) is 49.6 Å². The number of rotatable bonds is 13. The smallest absolute Gasteiger partial charge is 0.312 e. The van der Waals surface area contributed by atoms with Crippen molar-refractivity contribution in [1.82, 2.24) is 4.90 Å². The van der Waals surface area contributed by atoms with Gasteiger partial charge in [0.15, 0.2) is 0 Å². The monoisotopic (exact) mass is 572 g/mol. The fraction of sp³-hybridized carbons (Fsp3) is 0.581. The van der Waals surface area contributed by atoms with Crippen molar-refractivity contribution >= 4 is 35.1 Å². The van der Waals surface area contributed by atoms with Crippen LogP contribution in [-0.4, -0.2) is 70.8 Å². The first-order valence-electron chi connectivity index (χ1n) is 14.2. The van der Waals surface area contributed by atoms with Gasteiger partial charge in [0.2, 0.25) is 5.91 Å². The number of carbonyl (C=O) groups excluding carboxylic acids is 3. The van der Waals surface area contributed by atoms with Crippen molar-refractivity contribution in [2.24, 2.45) is 17.8 Å². The van der Waals surface area contributed by atoms with E-state index in [1.165, 1.54) is 9.80 Å². The van der Waals surface area contributed by atoms with E-state index < -0.39 is 41.1 Å². The second-order valence-electron chi connectivity index (χ2n) is 11.5. The maximum absolute atomic E-state index is 14.7. The van der Waals surface area contributed by atoms with Gasteiger partial charge in [0.05, 0.1) is 41.5 Å². The van der Waals surface area contributed by atoms with Gasteiger partial charge >= 0.3 is 5.97 Å². The van der Waals surface area contributed by atoms with Gasteiger partial charge in [0.25, 0.3) is 5.91 Å². The molecule has 1 aromatic rings. The summed E-state index contributed by atoms with van der Waals surface area (Å²) in [7, 11) is 0. The molecule has 0 radical (unpaired) electrons. The maximum Gasteiger partial charge on any atom is 0.312 e. The van der Waals surface area contributed by atoms with E-state index in [0.717, 1.165) is 0 Å². The summed E-state index contributed by atoms with van der Waals surface area (Å²) in [4.78, 5) is 45.7. The molecule has 40 heavy (non-hydrogen) atoms. The molecule has 1 N–H and O–H groups in total. The van der Waals surface area contributed by atoms with Crippen LogP contribution < -0.4 is 4.90 Å². The zero-order valence-corrected chi connectivity index (χ0v) is 24.4. The molecule has 0 aliphatic carbocycles. The highest BCUT2D eigenvalue weighted by Gasteiger charge is 2.79. The number of likely N-dealkylation sites (tertiary alicyclic amines) is 1. The van der Waals surface area contributed by atoms with Crippen molar-refractivity contribution < 1.29 is 29.0 Å². The number of para-hydroxylation sites is 1. The van der Waals surface area contributed by atoms with E-state index in [2.05, 4.69) is 13.2 Å². The number of halogens is 1. The summed E-state index contributed by atoms with van der Waals surface area (Å²) in [6.07, 6.45) is 5.70. The Kier molecular flexibility index (Phi) is 9.12. The number of fused-ring (bicyclic) bond motifs is 1. The Balaban J connectivity index is 1.85. The van der Waals surface area contributed by atoms with Gasteiger partial charge in [-0.2, -0.15) is 0 Å². The van der Waals surface area contributed by atoms with Gasteiger partial charge in [-0.3, -0.25) is 14.4 Å². The largest absolute Gasteiger partial charge is 0.465 e. The third-order valence-corrected chi connectivity index (χ3v) is 9.06. The van der Waals surface area contributed by atoms with E-state index in [-0.39, 0.29) is 37.5 Å². The third kappa shape index (κ3) is 4.88. The van der Waals surface area contributed by atoms with Crippen LogP contribution in [0.1, 0.15) is 52.9 Å². The number of carbonyl (C=O) groups is 3. The molecule has 2 unspecified atom stereocenters. The summed E-state index contributed by atoms with van der Waals surface area (Å²) in [5, 5.41) is 10.9. The minimum Gasteiger partial charge on any atom is -0.465 e. The zero-order chi connectivity index (χ0) is 29.2. The van der Waals surface area contributed by atoms with E-state index in [4.69, 9.17) is 21.1 Å². The van der Waals surface area contributed by atoms with Gasteiger partial charge in [-0.15, -0.1) is 13.2 Å². The average molecular weight is 573 g/mol. The first-order valence-corrected chi connectivity index (χ1v) is 14.6. The summed E-state index contributed by atoms with van der Waals surface area (Å²) in [6, 6.07) is 5.33. The van der Waals surface area contributed by atoms with Crippen LogP contribution in [0.4, 0.5) is 5.69 Å². The predicted octanol–water partition coefficient (Wildman–Crippen LogP) is 4.54. The molecule has 1 spiro atoms. The average Bonchev–Trinajstić information content (AvgIpc) is 3.54. The molecule has 2 bridgehead atoms. The first-order chi connectivity index (χ1) is 19.1. The molecule has 3 saturated heterocycles. The van der Waals surface area contributed by atoms with E-state index in [1.54, 1.807) is 36.4 Å². The molecule has 8 nitrogen and oxygen atoms in total. The van der Waals surface area contributed by atoms with Gasteiger partial charge in [-0.05, 0) is 50.2 Å². The number of ether oxygens (including phenoxy) is 2. The zero-order valence-electron chi connectivity index (χ0n) is 23.7. The number of hydrogen-bond acceptors (Lipinski definition) is 6. The highest BCUT2D eigenvalue weighted by Crippen LogP contribution is 2.65. The molecule has 3 fully saturated rings. The van der Waals surface area contributed by atoms with Gasteiger partial charge in [0, 0.05) is 6.54 Å². The lowest BCUT2D eigenvalue weighted by molar-refractivity contribution is -0.162. The molecule has 4 rings (SSSR count). The fourth-order valence-corrected chi connectivity index (χ4v) is 7.33. The molecule has 6 atom stereocenters. The highest BCUT2D eigenvalue weighted by atomic mass is 35.5. The van der Waals surface area contributed by atoms with Crippen molar-refractivity contribution in [2.75, 3.05) is 24.7 Å². The van der Waals surface area contributed by atoms with Crippen LogP contribution in [0.5, 0.6) is 0 Å². The summed E-state index contributed by atoms with van der Waals surface area (Å²) < 4.78 is 12.4. The van der Waals surface area contributed by atoms with Crippen LogP contribution in [-0.2, 0) is 23.9 Å². The number of anilines is 1. The lowest BCUT2D eigenvalue weighted by Gasteiger charge is -2.40. The molecule has 0 aromatic heterocycles. The minimum atomic E-state index is -1.24. The Labute approximate surface area is 241 Å². The third-order valence-electron chi connectivity index (χ3n) is 8.74. The van der Waals surface area contributed by atoms with Crippen LogP contribution in [0.25, 0.3) is 0 Å². The molecule has 3 heterocycles. The van der Waals surface area contributed by atoms with Crippen LogP contribution in [0, 0.1) is 17.8 Å². The van der Waals surface area contributed by atoms with Crippen molar-refractivity contribution in [2.45, 2.75) is 76.2 Å². The first kappa shape index (κ1) is 30.3. The Bertz CT molecular complexity index is 1160. The Morgan fingerprint density at radius 1 is 1.27 bits per heavy atom. The van der Waals surface area contributed by atoms with E-state index in [9.17, 15) is 19.5 Å². The molecule has 1 aromatic carbocycles. The lowest BCUT2D eigenvalue weighted by Crippen LogP contribution is -2.59. The Morgan fingerprint density at radius 3 is 2.60 bits per heavy atom. The number of esters is 1. The topological polar surface area (TPSA) is 96.4 Å². The second kappa shape index (κ2) is 12.0. The fourth-order valence-electron chi connectivity index (χ4n) is 7.09. The molecular formula is C31H41ClN2O6. The Morgan fingerprint density at radius 2 is 2.00 bits per heavy atom. The number of hydrogen-bond donors (Lipinski definition) is 1. The molecule has 2 amide bonds. The van der Waals surface area contributed by atoms with Gasteiger partial charge in [0.1, 0.15) is 17.6 Å². The normalized spacial score (nSPS) is 29.4. The summed E-state index contributed by atoms with van der Waals surface area (Å²) >= 11 is 6.54. The summed E-state index contributed by atoms with van der Waals surface area (Å²) in [5.41, 5.74) is -1.66. The molecule has 3 aliphatic rings. The Hall–Kier alpha value is -2.68. The van der Waals surface area contributed by atoms with Crippen molar-refractivity contribution in [3.63, 3.8) is 0 Å². The number of aliphatic hydroxyl groups excluding tert-OH is 1. The summed E-state index contributed by atoms with van der Waals surface area (Å²) in [5.74, 6) is -2.82. The number of amides is 2. The minimum absolute atomic E-state index is 0.144. The number of nitrogens with zero attached hydrogens (tertiary/aromatic N) is 2. The SMILES string of the molecule is C=CCCOC(=O)[C@H]1[C@H]2C(=O)N([C@@H](CO)CC(C)C)C(C(=O)N(CC=C)c3ccccc3Cl)C23CC[C@]1(CC)O3. The number of benzene rings is 1. The standard InChI is InChI=1S/C31H41ClN2O6/c1-6-9-17-39-29(38)25-24-27(36)34(21(19-35)18-20(4)5)26(31(24)15-14-30(25,8-3)40-31)28(37)33(16-7-2)23-13-11-10-12-22(23)32/h6-7,10-13,20-21,24-26,35H,1-2,8-9,14-19H2,3-5H3/t21-,24+,25-,26?,30+,31?/m1/s1. The van der Waals surface area contributed by atoms with Gasteiger partial charge in [-0.25, -0.2) is 0 Å². The highest BCUT2D eigenvalue weighted by molar-refractivity contribution is 6.34. The molecule has 9 heteroatoms. The van der Waals surface area contributed by atoms with E-state index >= 15 is 0 Å². The molecular weight excluding hydrogens is 532 g/mol. The lowest BCUT2D eigenvalue weighted by atomic mass is 9.65. The molecule has 3 aliphatic heterocycles.